The van der Waals surface area contributed by atoms with Crippen molar-refractivity contribution in [2.24, 2.45) is 11.8 Å². The van der Waals surface area contributed by atoms with E-state index in [2.05, 4.69) is 25.9 Å². The van der Waals surface area contributed by atoms with Crippen LogP contribution in [0.25, 0.3) is 0 Å². The lowest BCUT2D eigenvalue weighted by atomic mass is 9.86. The van der Waals surface area contributed by atoms with E-state index in [1.807, 2.05) is 52.0 Å². The molecule has 0 radical (unpaired) electrons. The predicted octanol–water partition coefficient (Wildman–Crippen LogP) is 4.24. The van der Waals surface area contributed by atoms with Crippen LogP contribution in [0.3, 0.4) is 0 Å². The largest absolute Gasteiger partial charge is 0.362 e. The normalized spacial score (nSPS) is 17.8. The molecule has 3 rings (SSSR count). The Labute approximate surface area is 202 Å². The van der Waals surface area contributed by atoms with E-state index in [1.54, 1.807) is 18.2 Å². The highest BCUT2D eigenvalue weighted by Crippen LogP contribution is 2.26. The second-order valence-electron chi connectivity index (χ2n) is 9.89. The number of rotatable bonds is 9. The molecular formula is C26H38N6O2. The Morgan fingerprint density at radius 2 is 1.88 bits per heavy atom. The van der Waals surface area contributed by atoms with E-state index in [0.717, 1.165) is 37.1 Å². The number of carbonyl (C=O) groups excluding carboxylic acids is 2. The van der Waals surface area contributed by atoms with Gasteiger partial charge in [0.05, 0.1) is 0 Å². The van der Waals surface area contributed by atoms with Crippen molar-refractivity contribution >= 4 is 29.3 Å². The number of aryl methyl sites for hydroxylation is 1. The van der Waals surface area contributed by atoms with E-state index in [9.17, 15) is 9.59 Å². The van der Waals surface area contributed by atoms with Crippen LogP contribution in [-0.2, 0) is 4.79 Å². The molecule has 34 heavy (non-hydrogen) atoms. The van der Waals surface area contributed by atoms with Gasteiger partial charge in [0.1, 0.15) is 5.82 Å². The monoisotopic (exact) mass is 466 g/mol. The number of nitrogens with one attached hydrogen (secondary N) is 3. The van der Waals surface area contributed by atoms with Crippen LogP contribution >= 0.6 is 0 Å². The fraction of sp³-hybridized carbons (Fsp3) is 0.538. The highest BCUT2D eigenvalue weighted by atomic mass is 16.2. The number of amides is 2. The topological polar surface area (TPSA) is 99.2 Å². The highest BCUT2D eigenvalue weighted by Gasteiger charge is 2.22. The molecule has 1 fully saturated rings. The standard InChI is InChI=1S/C26H38N6O2/c1-17(2)13-23(33)29-22-8-6-7-20(14-22)25(34)27-16-19-9-11-21(12-10-19)30-26-28-15-18(3)24(31-26)32(4)5/h6-8,14-15,17,19,21H,9-13,16H2,1-5H3,(H,27,34)(H,29,33)(H,28,30,31)/t19-,21+. The predicted molar refractivity (Wildman–Crippen MR) is 137 cm³/mol. The van der Waals surface area contributed by atoms with Gasteiger partial charge in [-0.15, -0.1) is 0 Å². The number of hydrogen-bond donors (Lipinski definition) is 3. The van der Waals surface area contributed by atoms with Gasteiger partial charge in [-0.05, 0) is 62.6 Å². The molecule has 1 aromatic carbocycles. The zero-order valence-electron chi connectivity index (χ0n) is 21.0. The quantitative estimate of drug-likeness (QED) is 0.511. The van der Waals surface area contributed by atoms with E-state index in [1.165, 1.54) is 0 Å². The fourth-order valence-electron chi connectivity index (χ4n) is 4.31. The zero-order valence-corrected chi connectivity index (χ0v) is 21.0. The molecule has 0 spiro atoms. The van der Waals surface area contributed by atoms with Gasteiger partial charge in [-0.3, -0.25) is 9.59 Å². The second-order valence-corrected chi connectivity index (χ2v) is 9.89. The van der Waals surface area contributed by atoms with Crippen molar-refractivity contribution in [2.75, 3.05) is 36.2 Å². The van der Waals surface area contributed by atoms with Gasteiger partial charge >= 0.3 is 0 Å². The van der Waals surface area contributed by atoms with Crippen molar-refractivity contribution in [3.05, 3.63) is 41.6 Å². The molecule has 0 atom stereocenters. The van der Waals surface area contributed by atoms with Crippen molar-refractivity contribution in [1.29, 1.82) is 0 Å². The summed E-state index contributed by atoms with van der Waals surface area (Å²) in [6.45, 7) is 6.67. The Kier molecular flexibility index (Phi) is 8.85. The molecule has 0 bridgehead atoms. The first-order chi connectivity index (χ1) is 16.2. The van der Waals surface area contributed by atoms with E-state index in [-0.39, 0.29) is 17.7 Å². The summed E-state index contributed by atoms with van der Waals surface area (Å²) in [5.41, 5.74) is 2.27. The zero-order chi connectivity index (χ0) is 24.7. The second kappa shape index (κ2) is 11.8. The lowest BCUT2D eigenvalue weighted by molar-refractivity contribution is -0.116. The molecule has 0 saturated heterocycles. The smallest absolute Gasteiger partial charge is 0.251 e. The minimum absolute atomic E-state index is 0.0353. The SMILES string of the molecule is Cc1cnc(N[C@H]2CC[C@@H](CNC(=O)c3cccc(NC(=O)CC(C)C)c3)CC2)nc1N(C)C. The third-order valence-electron chi connectivity index (χ3n) is 6.10. The average Bonchev–Trinajstić information content (AvgIpc) is 2.79. The number of nitrogens with zero attached hydrogens (tertiary/aromatic N) is 3. The van der Waals surface area contributed by atoms with Crippen LogP contribution in [0.2, 0.25) is 0 Å². The Morgan fingerprint density at radius 3 is 2.56 bits per heavy atom. The first kappa shape index (κ1) is 25.5. The lowest BCUT2D eigenvalue weighted by Gasteiger charge is -2.29. The van der Waals surface area contributed by atoms with E-state index in [0.29, 0.717) is 42.1 Å². The maximum atomic E-state index is 12.7. The number of aromatic nitrogens is 2. The van der Waals surface area contributed by atoms with Gasteiger partial charge in [0, 0.05) is 56.1 Å². The highest BCUT2D eigenvalue weighted by molar-refractivity contribution is 5.97. The van der Waals surface area contributed by atoms with Crippen LogP contribution in [0.1, 0.15) is 61.9 Å². The van der Waals surface area contributed by atoms with Crippen molar-refractivity contribution in [1.82, 2.24) is 15.3 Å². The molecule has 0 aliphatic heterocycles. The minimum Gasteiger partial charge on any atom is -0.362 e. The van der Waals surface area contributed by atoms with Gasteiger partial charge in [-0.25, -0.2) is 4.98 Å². The molecule has 184 valence electrons. The van der Waals surface area contributed by atoms with Crippen molar-refractivity contribution in [3.63, 3.8) is 0 Å². The number of hydrogen-bond acceptors (Lipinski definition) is 6. The molecule has 1 aliphatic carbocycles. The molecule has 3 N–H and O–H groups in total. The van der Waals surface area contributed by atoms with Crippen molar-refractivity contribution in [2.45, 2.75) is 58.9 Å². The Bertz CT molecular complexity index is 983. The van der Waals surface area contributed by atoms with Gasteiger partial charge in [0.15, 0.2) is 0 Å². The number of anilines is 3. The molecule has 8 heteroatoms. The Hall–Kier alpha value is -3.16. The molecule has 1 aromatic heterocycles. The number of benzene rings is 1. The molecule has 1 saturated carbocycles. The summed E-state index contributed by atoms with van der Waals surface area (Å²) in [5.74, 6) is 2.20. The maximum Gasteiger partial charge on any atom is 0.251 e. The third kappa shape index (κ3) is 7.43. The van der Waals surface area contributed by atoms with Crippen LogP contribution in [0.4, 0.5) is 17.5 Å². The Morgan fingerprint density at radius 1 is 1.15 bits per heavy atom. The Balaban J connectivity index is 1.44. The molecule has 2 amide bonds. The molecular weight excluding hydrogens is 428 g/mol. The summed E-state index contributed by atoms with van der Waals surface area (Å²) in [7, 11) is 3.97. The molecule has 1 aliphatic rings. The summed E-state index contributed by atoms with van der Waals surface area (Å²) in [6, 6.07) is 7.46. The van der Waals surface area contributed by atoms with Crippen molar-refractivity contribution in [3.8, 4) is 0 Å². The molecule has 8 nitrogen and oxygen atoms in total. The van der Waals surface area contributed by atoms with E-state index >= 15 is 0 Å². The van der Waals surface area contributed by atoms with Crippen LogP contribution in [0.15, 0.2) is 30.5 Å². The molecule has 0 unspecified atom stereocenters. The summed E-state index contributed by atoms with van der Waals surface area (Å²) >= 11 is 0. The van der Waals surface area contributed by atoms with Crippen LogP contribution in [0, 0.1) is 18.8 Å². The first-order valence-electron chi connectivity index (χ1n) is 12.2. The van der Waals surface area contributed by atoms with Gasteiger partial charge in [-0.2, -0.15) is 4.98 Å². The van der Waals surface area contributed by atoms with Crippen LogP contribution in [-0.4, -0.2) is 48.5 Å². The van der Waals surface area contributed by atoms with Gasteiger partial charge < -0.3 is 20.9 Å². The van der Waals surface area contributed by atoms with Crippen LogP contribution in [0.5, 0.6) is 0 Å². The fourth-order valence-corrected chi connectivity index (χ4v) is 4.31. The van der Waals surface area contributed by atoms with Crippen LogP contribution < -0.4 is 20.9 Å². The van der Waals surface area contributed by atoms with E-state index in [4.69, 9.17) is 0 Å². The minimum atomic E-state index is -0.107. The maximum absolute atomic E-state index is 12.7. The lowest BCUT2D eigenvalue weighted by Crippen LogP contribution is -2.34. The first-order valence-corrected chi connectivity index (χ1v) is 12.2. The summed E-state index contributed by atoms with van der Waals surface area (Å²) in [5, 5.41) is 9.42. The van der Waals surface area contributed by atoms with Gasteiger partial charge in [-0.1, -0.05) is 19.9 Å². The summed E-state index contributed by atoms with van der Waals surface area (Å²) in [4.78, 5) is 35.7. The number of carbonyl (C=O) groups is 2. The van der Waals surface area contributed by atoms with Crippen molar-refractivity contribution < 1.29 is 9.59 Å². The molecule has 2 aromatic rings. The molecule has 1 heterocycles. The third-order valence-corrected chi connectivity index (χ3v) is 6.10. The summed E-state index contributed by atoms with van der Waals surface area (Å²) in [6.07, 6.45) is 6.43. The average molecular weight is 467 g/mol. The van der Waals surface area contributed by atoms with Gasteiger partial charge in [0.2, 0.25) is 11.9 Å². The van der Waals surface area contributed by atoms with Gasteiger partial charge in [0.25, 0.3) is 5.91 Å². The van der Waals surface area contributed by atoms with E-state index < -0.39 is 0 Å². The summed E-state index contributed by atoms with van der Waals surface area (Å²) < 4.78 is 0.